The second-order valence-electron chi connectivity index (χ2n) is 7.12. The lowest BCUT2D eigenvalue weighted by molar-refractivity contribution is -0.883. The summed E-state index contributed by atoms with van der Waals surface area (Å²) in [5.41, 5.74) is 1.43. The third-order valence-corrected chi connectivity index (χ3v) is 4.32. The first-order valence-corrected chi connectivity index (χ1v) is 9.67. The summed E-state index contributed by atoms with van der Waals surface area (Å²) in [5, 5.41) is 21.6. The van der Waals surface area contributed by atoms with Gasteiger partial charge in [0.15, 0.2) is 5.52 Å². The molecule has 0 fully saturated rings. The number of rotatable bonds is 6. The maximum absolute atomic E-state index is 10.4. The van der Waals surface area contributed by atoms with Crippen LogP contribution in [0.15, 0.2) is 24.4 Å². The molecule has 0 saturated carbocycles. The zero-order chi connectivity index (χ0) is 20.2. The van der Waals surface area contributed by atoms with Crippen molar-refractivity contribution >= 4 is 21.9 Å². The average Bonchev–Trinajstić information content (AvgIpc) is 2.96. The third kappa shape index (κ3) is 4.50. The average molecular weight is 375 g/mol. The number of unbranched alkanes of at least 4 members (excludes halogenated alkanes) is 1. The summed E-state index contributed by atoms with van der Waals surface area (Å²) in [6.45, 7) is 10.2. The number of imidazole rings is 1. The number of benzene rings is 1. The Morgan fingerprint density at radius 3 is 2.56 bits per heavy atom. The second kappa shape index (κ2) is 8.57. The third-order valence-electron chi connectivity index (χ3n) is 4.32. The van der Waals surface area contributed by atoms with E-state index in [1.54, 1.807) is 33.2 Å². The zero-order valence-corrected chi connectivity index (χ0v) is 17.3. The molecule has 2 heterocycles. The highest BCUT2D eigenvalue weighted by atomic mass is 16.5. The molecule has 0 aliphatic rings. The van der Waals surface area contributed by atoms with E-state index in [9.17, 15) is 10.3 Å². The van der Waals surface area contributed by atoms with Gasteiger partial charge >= 0.3 is 0 Å². The van der Waals surface area contributed by atoms with Crippen molar-refractivity contribution in [1.82, 2.24) is 9.55 Å². The van der Waals surface area contributed by atoms with E-state index in [2.05, 4.69) is 11.5 Å². The van der Waals surface area contributed by atoms with Gasteiger partial charge in [-0.3, -0.25) is 5.21 Å². The monoisotopic (exact) mass is 374 g/mol. The molecule has 0 saturated heterocycles. The van der Waals surface area contributed by atoms with Crippen molar-refractivity contribution in [2.75, 3.05) is 7.11 Å². The molecule has 2 N–H and O–H groups in total. The highest BCUT2D eigenvalue weighted by Gasteiger charge is 2.24. The summed E-state index contributed by atoms with van der Waals surface area (Å²) in [4.78, 5) is 4.73. The van der Waals surface area contributed by atoms with Crippen LogP contribution in [-0.2, 0) is 13.0 Å². The lowest BCUT2D eigenvalue weighted by atomic mass is 10.1. The molecule has 6 nitrogen and oxygen atoms in total. The quantitative estimate of drug-likeness (QED) is 0.508. The Hall–Kier alpha value is -2.34. The lowest BCUT2D eigenvalue weighted by Gasteiger charge is -2.20. The van der Waals surface area contributed by atoms with Crippen molar-refractivity contribution in [1.29, 1.82) is 0 Å². The molecule has 148 valence electrons. The first kappa shape index (κ1) is 21.0. The van der Waals surface area contributed by atoms with Gasteiger partial charge in [-0.1, -0.05) is 27.2 Å². The molecule has 0 amide bonds. The Bertz CT molecular complexity index is 911. The molecule has 1 aromatic carbocycles. The first-order chi connectivity index (χ1) is 12.8. The number of aliphatic hydroxyl groups is 1. The van der Waals surface area contributed by atoms with E-state index in [1.807, 2.05) is 26.0 Å². The minimum atomic E-state index is -0.863. The molecular formula is C21H32N3O3+. The van der Waals surface area contributed by atoms with Crippen LogP contribution in [0, 0.1) is 0 Å². The second-order valence-corrected chi connectivity index (χ2v) is 7.12. The van der Waals surface area contributed by atoms with Crippen molar-refractivity contribution in [2.24, 2.45) is 0 Å². The van der Waals surface area contributed by atoms with Gasteiger partial charge in [0.2, 0.25) is 0 Å². The topological polar surface area (TPSA) is 71.4 Å². The summed E-state index contributed by atoms with van der Waals surface area (Å²) in [7, 11) is 1.60. The summed E-state index contributed by atoms with van der Waals surface area (Å²) in [6, 6.07) is 5.59. The summed E-state index contributed by atoms with van der Waals surface area (Å²) in [6.07, 6.45) is 4.56. The van der Waals surface area contributed by atoms with E-state index in [4.69, 9.17) is 9.72 Å². The van der Waals surface area contributed by atoms with Gasteiger partial charge < -0.3 is 14.4 Å². The number of nitrogens with zero attached hydrogens (tertiary/aromatic N) is 3. The Balaban J connectivity index is 0.00000126. The van der Waals surface area contributed by atoms with Crippen molar-refractivity contribution in [3.05, 3.63) is 30.2 Å². The fourth-order valence-electron chi connectivity index (χ4n) is 3.19. The summed E-state index contributed by atoms with van der Waals surface area (Å²) >= 11 is 0. The molecule has 3 rings (SSSR count). The highest BCUT2D eigenvalue weighted by molar-refractivity contribution is 6.01. The molecule has 0 aliphatic heterocycles. The van der Waals surface area contributed by atoms with E-state index in [1.165, 1.54) is 0 Å². The standard InChI is InChI=1S/C19H26N3O3.C2H6/c1-5-6-7-17-20-15-11-22(24)16-10-13(25-4)8-9-14(16)18(15)21(17)12-19(2,3)23;1-2/h8-11,23-24H,5-7,12H2,1-4H3;1-2H3/q+1;. The van der Waals surface area contributed by atoms with Crippen LogP contribution in [-0.4, -0.2) is 32.6 Å². The van der Waals surface area contributed by atoms with Crippen molar-refractivity contribution in [3.63, 3.8) is 0 Å². The molecule has 27 heavy (non-hydrogen) atoms. The smallest absolute Gasteiger partial charge is 0.270 e. The molecular weight excluding hydrogens is 342 g/mol. The van der Waals surface area contributed by atoms with Crippen LogP contribution < -0.4 is 9.47 Å². The predicted molar refractivity (Wildman–Crippen MR) is 107 cm³/mol. The number of aryl methyl sites for hydroxylation is 1. The van der Waals surface area contributed by atoms with E-state index in [0.29, 0.717) is 17.8 Å². The van der Waals surface area contributed by atoms with Crippen LogP contribution >= 0.6 is 0 Å². The molecule has 0 bridgehead atoms. The molecule has 0 aliphatic carbocycles. The predicted octanol–water partition coefficient (Wildman–Crippen LogP) is 3.86. The number of fused-ring (bicyclic) bond motifs is 3. The van der Waals surface area contributed by atoms with Crippen LogP contribution in [0.4, 0.5) is 0 Å². The maximum atomic E-state index is 10.4. The molecule has 0 unspecified atom stereocenters. The number of pyridine rings is 1. The van der Waals surface area contributed by atoms with Crippen molar-refractivity contribution < 1.29 is 19.8 Å². The normalized spacial score (nSPS) is 11.5. The Labute approximate surface area is 161 Å². The van der Waals surface area contributed by atoms with E-state index in [0.717, 1.165) is 46.2 Å². The van der Waals surface area contributed by atoms with Gasteiger partial charge in [-0.15, -0.1) is 0 Å². The van der Waals surface area contributed by atoms with Gasteiger partial charge in [-0.2, -0.15) is 0 Å². The molecule has 6 heteroatoms. The minimum absolute atomic E-state index is 0.444. The van der Waals surface area contributed by atoms with Crippen molar-refractivity contribution in [2.45, 2.75) is 66.0 Å². The molecule has 0 atom stereocenters. The number of hydrogen-bond acceptors (Lipinski definition) is 4. The van der Waals surface area contributed by atoms with Gasteiger partial charge in [0.05, 0.1) is 36.2 Å². The number of hydrogen-bond donors (Lipinski definition) is 2. The van der Waals surface area contributed by atoms with Crippen LogP contribution in [0.3, 0.4) is 0 Å². The van der Waals surface area contributed by atoms with Gasteiger partial charge in [-0.05, 0) is 32.4 Å². The minimum Gasteiger partial charge on any atom is -0.497 e. The number of aromatic nitrogens is 3. The number of methoxy groups -OCH3 is 1. The lowest BCUT2D eigenvalue weighted by Crippen LogP contribution is -2.31. The van der Waals surface area contributed by atoms with E-state index < -0.39 is 5.60 Å². The Kier molecular flexibility index (Phi) is 6.65. The molecule has 0 radical (unpaired) electrons. The molecule has 2 aromatic heterocycles. The highest BCUT2D eigenvalue weighted by Crippen LogP contribution is 2.28. The van der Waals surface area contributed by atoms with Gasteiger partial charge in [0.1, 0.15) is 11.6 Å². The maximum Gasteiger partial charge on any atom is 0.270 e. The van der Waals surface area contributed by atoms with Crippen LogP contribution in [0.5, 0.6) is 5.75 Å². The SMILES string of the molecule is CC.CCCCc1nc2c[n+](O)c3cc(OC)ccc3c2n1CC(C)(C)O. The van der Waals surface area contributed by atoms with Crippen LogP contribution in [0.1, 0.15) is 53.3 Å². The summed E-state index contributed by atoms with van der Waals surface area (Å²) < 4.78 is 8.44. The van der Waals surface area contributed by atoms with Crippen LogP contribution in [0.25, 0.3) is 21.9 Å². The van der Waals surface area contributed by atoms with Crippen LogP contribution in [0.2, 0.25) is 0 Å². The fraction of sp³-hybridized carbons (Fsp3) is 0.524. The van der Waals surface area contributed by atoms with Gasteiger partial charge in [-0.25, -0.2) is 4.98 Å². The van der Waals surface area contributed by atoms with Gasteiger partial charge in [0.25, 0.3) is 11.7 Å². The van der Waals surface area contributed by atoms with Gasteiger partial charge in [0, 0.05) is 11.2 Å². The Morgan fingerprint density at radius 1 is 1.26 bits per heavy atom. The molecule has 0 spiro atoms. The fourth-order valence-corrected chi connectivity index (χ4v) is 3.19. The van der Waals surface area contributed by atoms with E-state index >= 15 is 0 Å². The van der Waals surface area contributed by atoms with Crippen molar-refractivity contribution in [3.8, 4) is 5.75 Å². The largest absolute Gasteiger partial charge is 0.497 e. The summed E-state index contributed by atoms with van der Waals surface area (Å²) in [5.74, 6) is 1.61. The Morgan fingerprint density at radius 2 is 1.96 bits per heavy atom. The molecule has 3 aromatic rings. The zero-order valence-electron chi connectivity index (χ0n) is 17.3. The number of ether oxygens (including phenoxy) is 1. The first-order valence-electron chi connectivity index (χ1n) is 9.67. The van der Waals surface area contributed by atoms with E-state index in [-0.39, 0.29) is 0 Å².